The van der Waals surface area contributed by atoms with Gasteiger partial charge in [-0.25, -0.2) is 4.79 Å². The first kappa shape index (κ1) is 12.3. The molecule has 1 saturated heterocycles. The highest BCUT2D eigenvalue weighted by atomic mass is 16.5. The number of likely N-dealkylation sites (tertiary alicyclic amines) is 1. The van der Waals surface area contributed by atoms with Gasteiger partial charge in [-0.2, -0.15) is 0 Å². The lowest BCUT2D eigenvalue weighted by Crippen LogP contribution is -2.43. The number of hydrogen-bond donors (Lipinski definition) is 1. The van der Waals surface area contributed by atoms with Crippen molar-refractivity contribution >= 4 is 6.03 Å². The zero-order valence-electron chi connectivity index (χ0n) is 9.33. The minimum Gasteiger partial charge on any atom is -0.382 e. The van der Waals surface area contributed by atoms with Crippen molar-refractivity contribution in [3.05, 3.63) is 0 Å². The van der Waals surface area contributed by atoms with Crippen molar-refractivity contribution in [2.24, 2.45) is 0 Å². The number of carbonyl (C=O) groups is 1. The van der Waals surface area contributed by atoms with Crippen LogP contribution in [0.4, 0.5) is 4.79 Å². The Labute approximate surface area is 90.7 Å². The van der Waals surface area contributed by atoms with Gasteiger partial charge in [0.15, 0.2) is 0 Å². The van der Waals surface area contributed by atoms with Crippen molar-refractivity contribution in [2.75, 3.05) is 40.1 Å². The van der Waals surface area contributed by atoms with Crippen LogP contribution in [0.5, 0.6) is 0 Å². The Hall–Kier alpha value is -0.810. The number of amides is 2. The van der Waals surface area contributed by atoms with Gasteiger partial charge in [-0.05, 0) is 19.3 Å². The molecule has 0 unspecified atom stereocenters. The van der Waals surface area contributed by atoms with Crippen LogP contribution in [0.1, 0.15) is 19.3 Å². The van der Waals surface area contributed by atoms with E-state index in [1.54, 1.807) is 7.11 Å². The van der Waals surface area contributed by atoms with E-state index in [1.807, 2.05) is 4.90 Å². The average Bonchev–Trinajstić information content (AvgIpc) is 2.30. The Kier molecular flexibility index (Phi) is 6.11. The van der Waals surface area contributed by atoms with E-state index in [9.17, 15) is 4.79 Å². The predicted molar refractivity (Wildman–Crippen MR) is 56.7 cm³/mol. The summed E-state index contributed by atoms with van der Waals surface area (Å²) in [4.78, 5) is 13.4. The van der Waals surface area contributed by atoms with E-state index in [-0.39, 0.29) is 12.8 Å². The SMILES string of the molecule is COCCOCNC(=O)N1CCCCC1. The van der Waals surface area contributed by atoms with Crippen LogP contribution < -0.4 is 5.32 Å². The van der Waals surface area contributed by atoms with E-state index in [2.05, 4.69) is 5.32 Å². The molecule has 0 bridgehead atoms. The van der Waals surface area contributed by atoms with Crippen molar-refractivity contribution in [1.29, 1.82) is 0 Å². The van der Waals surface area contributed by atoms with Crippen LogP contribution in [0.3, 0.4) is 0 Å². The van der Waals surface area contributed by atoms with Crippen molar-refractivity contribution in [3.8, 4) is 0 Å². The zero-order chi connectivity index (χ0) is 10.9. The second kappa shape index (κ2) is 7.48. The zero-order valence-corrected chi connectivity index (χ0v) is 9.33. The minimum atomic E-state index is -0.0212. The Balaban J connectivity index is 2.02. The first-order chi connectivity index (χ1) is 7.34. The van der Waals surface area contributed by atoms with E-state index in [0.29, 0.717) is 13.2 Å². The Bertz CT molecular complexity index is 182. The first-order valence-corrected chi connectivity index (χ1v) is 5.44. The number of hydrogen-bond acceptors (Lipinski definition) is 3. The van der Waals surface area contributed by atoms with Gasteiger partial charge in [-0.3, -0.25) is 0 Å². The van der Waals surface area contributed by atoms with Crippen LogP contribution in [0.2, 0.25) is 0 Å². The summed E-state index contributed by atoms with van der Waals surface area (Å²) < 4.78 is 9.97. The summed E-state index contributed by atoms with van der Waals surface area (Å²) in [6.45, 7) is 3.06. The predicted octanol–water partition coefficient (Wildman–Crippen LogP) is 0.802. The normalized spacial score (nSPS) is 16.5. The van der Waals surface area contributed by atoms with E-state index >= 15 is 0 Å². The summed E-state index contributed by atoms with van der Waals surface area (Å²) in [7, 11) is 1.62. The number of ether oxygens (including phenoxy) is 2. The summed E-state index contributed by atoms with van der Waals surface area (Å²) >= 11 is 0. The topological polar surface area (TPSA) is 50.8 Å². The third-order valence-corrected chi connectivity index (χ3v) is 2.40. The molecule has 1 aliphatic heterocycles. The fourth-order valence-electron chi connectivity index (χ4n) is 1.54. The average molecular weight is 216 g/mol. The summed E-state index contributed by atoms with van der Waals surface area (Å²) in [6.07, 6.45) is 3.45. The van der Waals surface area contributed by atoms with Crippen LogP contribution in [0.25, 0.3) is 0 Å². The summed E-state index contributed by atoms with van der Waals surface area (Å²) in [5, 5.41) is 2.72. The van der Waals surface area contributed by atoms with Crippen LogP contribution in [-0.4, -0.2) is 51.1 Å². The van der Waals surface area contributed by atoms with Crippen molar-refractivity contribution in [2.45, 2.75) is 19.3 Å². The number of methoxy groups -OCH3 is 1. The number of rotatable bonds is 5. The van der Waals surface area contributed by atoms with E-state index in [0.717, 1.165) is 25.9 Å². The fraction of sp³-hybridized carbons (Fsp3) is 0.900. The Morgan fingerprint density at radius 1 is 1.27 bits per heavy atom. The molecule has 0 saturated carbocycles. The van der Waals surface area contributed by atoms with Gasteiger partial charge < -0.3 is 19.7 Å². The summed E-state index contributed by atoms with van der Waals surface area (Å²) in [5.41, 5.74) is 0. The third kappa shape index (κ3) is 4.99. The number of piperidine rings is 1. The smallest absolute Gasteiger partial charge is 0.319 e. The van der Waals surface area contributed by atoms with Crippen molar-refractivity contribution < 1.29 is 14.3 Å². The molecule has 1 rings (SSSR count). The second-order valence-electron chi connectivity index (χ2n) is 3.58. The molecule has 0 spiro atoms. The number of nitrogens with one attached hydrogen (secondary N) is 1. The molecule has 0 aromatic rings. The van der Waals surface area contributed by atoms with Crippen LogP contribution in [0, 0.1) is 0 Å². The molecule has 1 aliphatic rings. The molecule has 5 nitrogen and oxygen atoms in total. The van der Waals surface area contributed by atoms with Gasteiger partial charge >= 0.3 is 6.03 Å². The maximum atomic E-state index is 11.5. The lowest BCUT2D eigenvalue weighted by atomic mass is 10.1. The molecule has 1 N–H and O–H groups in total. The first-order valence-electron chi connectivity index (χ1n) is 5.44. The van der Waals surface area contributed by atoms with Crippen LogP contribution in [0.15, 0.2) is 0 Å². The minimum absolute atomic E-state index is 0.0212. The molecule has 2 amide bonds. The highest BCUT2D eigenvalue weighted by molar-refractivity contribution is 5.74. The Morgan fingerprint density at radius 3 is 2.67 bits per heavy atom. The lowest BCUT2D eigenvalue weighted by Gasteiger charge is -2.26. The van der Waals surface area contributed by atoms with Gasteiger partial charge in [0.2, 0.25) is 0 Å². The van der Waals surface area contributed by atoms with Gasteiger partial charge in [0, 0.05) is 20.2 Å². The summed E-state index contributed by atoms with van der Waals surface area (Å²) in [6, 6.07) is -0.0212. The molecule has 88 valence electrons. The quantitative estimate of drug-likeness (QED) is 0.546. The third-order valence-electron chi connectivity index (χ3n) is 2.40. The fourth-order valence-corrected chi connectivity index (χ4v) is 1.54. The maximum absolute atomic E-state index is 11.5. The van der Waals surface area contributed by atoms with Gasteiger partial charge in [0.05, 0.1) is 13.2 Å². The van der Waals surface area contributed by atoms with Gasteiger partial charge in [0.25, 0.3) is 0 Å². The Morgan fingerprint density at radius 2 is 2.00 bits per heavy atom. The second-order valence-corrected chi connectivity index (χ2v) is 3.58. The molecule has 0 aliphatic carbocycles. The molecular formula is C10H20N2O3. The molecular weight excluding hydrogens is 196 g/mol. The highest BCUT2D eigenvalue weighted by Gasteiger charge is 2.15. The van der Waals surface area contributed by atoms with Crippen molar-refractivity contribution in [3.63, 3.8) is 0 Å². The molecule has 0 aromatic heterocycles. The molecule has 0 radical (unpaired) electrons. The molecule has 0 atom stereocenters. The van der Waals surface area contributed by atoms with E-state index in [1.165, 1.54) is 6.42 Å². The van der Waals surface area contributed by atoms with Gasteiger partial charge in [-0.15, -0.1) is 0 Å². The highest BCUT2D eigenvalue weighted by Crippen LogP contribution is 2.07. The number of carbonyl (C=O) groups excluding carboxylic acids is 1. The lowest BCUT2D eigenvalue weighted by molar-refractivity contribution is 0.0612. The molecule has 0 aromatic carbocycles. The molecule has 1 fully saturated rings. The molecule has 1 heterocycles. The van der Waals surface area contributed by atoms with Crippen LogP contribution in [-0.2, 0) is 9.47 Å². The van der Waals surface area contributed by atoms with E-state index < -0.39 is 0 Å². The molecule has 5 heteroatoms. The van der Waals surface area contributed by atoms with Crippen molar-refractivity contribution in [1.82, 2.24) is 10.2 Å². The molecule has 15 heavy (non-hydrogen) atoms. The number of nitrogens with zero attached hydrogens (tertiary/aromatic N) is 1. The summed E-state index contributed by atoms with van der Waals surface area (Å²) in [5.74, 6) is 0. The monoisotopic (exact) mass is 216 g/mol. The van der Waals surface area contributed by atoms with Gasteiger partial charge in [0.1, 0.15) is 6.73 Å². The van der Waals surface area contributed by atoms with Crippen LogP contribution >= 0.6 is 0 Å². The maximum Gasteiger partial charge on any atom is 0.319 e. The van der Waals surface area contributed by atoms with E-state index in [4.69, 9.17) is 9.47 Å². The standard InChI is InChI=1S/C10H20N2O3/c1-14-7-8-15-9-11-10(13)12-5-3-2-4-6-12/h2-9H2,1H3,(H,11,13). The van der Waals surface area contributed by atoms with Gasteiger partial charge in [-0.1, -0.05) is 0 Å². The largest absolute Gasteiger partial charge is 0.382 e. The number of urea groups is 1.